The Morgan fingerprint density at radius 2 is 2.07 bits per heavy atom. The van der Waals surface area contributed by atoms with E-state index in [9.17, 15) is 10.1 Å². The number of thioether (sulfide) groups is 1. The van der Waals surface area contributed by atoms with Gasteiger partial charge in [-0.2, -0.15) is 5.26 Å². The smallest absolute Gasteiger partial charge is 0.239 e. The van der Waals surface area contributed by atoms with Crippen molar-refractivity contribution in [2.45, 2.75) is 43.4 Å². The number of hydrogen-bond donors (Lipinski definition) is 1. The van der Waals surface area contributed by atoms with Gasteiger partial charge in [-0.05, 0) is 44.7 Å². The second kappa shape index (κ2) is 8.36. The number of nitrogens with one attached hydrogen (secondary N) is 1. The Bertz CT molecular complexity index is 1100. The van der Waals surface area contributed by atoms with Crippen molar-refractivity contribution in [3.8, 4) is 17.3 Å². The number of fused-ring (bicyclic) bond motifs is 1. The van der Waals surface area contributed by atoms with Crippen LogP contribution in [0.15, 0.2) is 40.7 Å². The second-order valence-corrected chi connectivity index (χ2v) is 9.25. The number of carbonyl (C=O) groups is 1. The first-order valence-corrected chi connectivity index (χ1v) is 11.2. The van der Waals surface area contributed by atoms with Gasteiger partial charge in [0.25, 0.3) is 0 Å². The van der Waals surface area contributed by atoms with Crippen molar-refractivity contribution in [3.05, 3.63) is 58.1 Å². The Morgan fingerprint density at radius 3 is 2.83 bits per heavy atom. The molecule has 1 N–H and O–H groups in total. The first-order valence-electron chi connectivity index (χ1n) is 9.46. The minimum Gasteiger partial charge on any atom is -0.301 e. The predicted octanol–water partition coefficient (Wildman–Crippen LogP) is 4.99. The number of benzene rings is 1. The molecular weight excluding hydrogens is 400 g/mol. The Hall–Kier alpha value is -2.69. The molecular formula is C22H20N4OS2. The molecule has 7 heteroatoms. The zero-order valence-corrected chi connectivity index (χ0v) is 17.9. The lowest BCUT2D eigenvalue weighted by Crippen LogP contribution is -2.22. The standard InChI is InChI=1S/C22H20N4OS2/c1-13-6-8-15(9-7-13)19-12-28-22(25-19)26-20(27)14(2)29-21-17(11-23)10-16-4-3-5-18(16)24-21/h6-10,12,14H,3-5H2,1-2H3,(H,25,26,27). The van der Waals surface area contributed by atoms with Crippen molar-refractivity contribution in [1.82, 2.24) is 9.97 Å². The van der Waals surface area contributed by atoms with E-state index >= 15 is 0 Å². The van der Waals surface area contributed by atoms with E-state index in [0.717, 1.165) is 41.8 Å². The highest BCUT2D eigenvalue weighted by atomic mass is 32.2. The zero-order chi connectivity index (χ0) is 20.4. The van der Waals surface area contributed by atoms with E-state index in [4.69, 9.17) is 0 Å². The summed E-state index contributed by atoms with van der Waals surface area (Å²) < 4.78 is 0. The normalized spacial score (nSPS) is 13.6. The van der Waals surface area contributed by atoms with Gasteiger partial charge < -0.3 is 5.32 Å². The Balaban J connectivity index is 1.44. The summed E-state index contributed by atoms with van der Waals surface area (Å²) in [4.78, 5) is 21.8. The number of nitrogens with zero attached hydrogens (tertiary/aromatic N) is 3. The molecule has 2 aromatic heterocycles. The van der Waals surface area contributed by atoms with Gasteiger partial charge in [-0.1, -0.05) is 41.6 Å². The maximum absolute atomic E-state index is 12.7. The zero-order valence-electron chi connectivity index (χ0n) is 16.2. The maximum Gasteiger partial charge on any atom is 0.239 e. The number of hydrogen-bond acceptors (Lipinski definition) is 6. The summed E-state index contributed by atoms with van der Waals surface area (Å²) in [5.74, 6) is -0.147. The lowest BCUT2D eigenvalue weighted by molar-refractivity contribution is -0.115. The lowest BCUT2D eigenvalue weighted by atomic mass is 10.1. The Morgan fingerprint density at radius 1 is 1.28 bits per heavy atom. The summed E-state index contributed by atoms with van der Waals surface area (Å²) in [6.07, 6.45) is 2.99. The molecule has 5 nitrogen and oxygen atoms in total. The van der Waals surface area contributed by atoms with Crippen molar-refractivity contribution in [3.63, 3.8) is 0 Å². The van der Waals surface area contributed by atoms with Crippen molar-refractivity contribution in [1.29, 1.82) is 5.26 Å². The molecule has 2 heterocycles. The molecule has 1 aromatic carbocycles. The topological polar surface area (TPSA) is 78.7 Å². The van der Waals surface area contributed by atoms with Crippen LogP contribution in [0.1, 0.15) is 35.7 Å². The Kier molecular flexibility index (Phi) is 5.65. The van der Waals surface area contributed by atoms with E-state index in [1.54, 1.807) is 0 Å². The average molecular weight is 421 g/mol. The number of carbonyl (C=O) groups excluding carboxylic acids is 1. The van der Waals surface area contributed by atoms with E-state index in [1.165, 1.54) is 28.7 Å². The van der Waals surface area contributed by atoms with Crippen molar-refractivity contribution >= 4 is 34.1 Å². The van der Waals surface area contributed by atoms with Crippen LogP contribution < -0.4 is 5.32 Å². The van der Waals surface area contributed by atoms with Gasteiger partial charge in [0.2, 0.25) is 5.91 Å². The van der Waals surface area contributed by atoms with Crippen LogP contribution in [-0.4, -0.2) is 21.1 Å². The summed E-state index contributed by atoms with van der Waals surface area (Å²) in [6, 6.07) is 12.3. The average Bonchev–Trinajstić information content (AvgIpc) is 3.36. The first kappa shape index (κ1) is 19.6. The van der Waals surface area contributed by atoms with Crippen molar-refractivity contribution < 1.29 is 4.79 Å². The minimum atomic E-state index is -0.388. The van der Waals surface area contributed by atoms with Gasteiger partial charge in [0.05, 0.1) is 16.5 Å². The van der Waals surface area contributed by atoms with E-state index in [1.807, 2.05) is 49.6 Å². The molecule has 1 unspecified atom stereocenters. The van der Waals surface area contributed by atoms with Crippen LogP contribution in [0, 0.1) is 18.3 Å². The van der Waals surface area contributed by atoms with Gasteiger partial charge in [0.15, 0.2) is 5.13 Å². The van der Waals surface area contributed by atoms with Crippen LogP contribution >= 0.6 is 23.1 Å². The number of aromatic nitrogens is 2. The van der Waals surface area contributed by atoms with Crippen LogP contribution in [0.25, 0.3) is 11.3 Å². The van der Waals surface area contributed by atoms with E-state index in [2.05, 4.69) is 21.4 Å². The molecule has 0 fully saturated rings. The van der Waals surface area contributed by atoms with Crippen LogP contribution in [0.3, 0.4) is 0 Å². The number of thiazole rings is 1. The van der Waals surface area contributed by atoms with Gasteiger partial charge in [-0.3, -0.25) is 4.79 Å². The maximum atomic E-state index is 12.7. The van der Waals surface area contributed by atoms with Crippen LogP contribution in [0.2, 0.25) is 0 Å². The van der Waals surface area contributed by atoms with Gasteiger partial charge in [0, 0.05) is 16.6 Å². The fourth-order valence-corrected chi connectivity index (χ4v) is 4.86. The predicted molar refractivity (Wildman–Crippen MR) is 117 cm³/mol. The second-order valence-electron chi connectivity index (χ2n) is 7.07. The molecule has 4 rings (SSSR count). The number of pyridine rings is 1. The number of rotatable bonds is 5. The number of nitriles is 1. The third-order valence-electron chi connectivity index (χ3n) is 4.88. The monoisotopic (exact) mass is 420 g/mol. The molecule has 0 saturated heterocycles. The number of anilines is 1. The molecule has 3 aromatic rings. The summed E-state index contributed by atoms with van der Waals surface area (Å²) >= 11 is 2.73. The van der Waals surface area contributed by atoms with Crippen LogP contribution in [0.4, 0.5) is 5.13 Å². The molecule has 1 atom stereocenters. The minimum absolute atomic E-state index is 0.147. The molecule has 0 bridgehead atoms. The van der Waals surface area contributed by atoms with Crippen LogP contribution in [-0.2, 0) is 17.6 Å². The largest absolute Gasteiger partial charge is 0.301 e. The van der Waals surface area contributed by atoms with Gasteiger partial charge in [-0.25, -0.2) is 9.97 Å². The summed E-state index contributed by atoms with van der Waals surface area (Å²) in [5.41, 5.74) is 5.83. The van der Waals surface area contributed by atoms with Crippen molar-refractivity contribution in [2.75, 3.05) is 5.32 Å². The Labute approximate surface area is 178 Å². The lowest BCUT2D eigenvalue weighted by Gasteiger charge is -2.12. The molecule has 1 amide bonds. The highest BCUT2D eigenvalue weighted by Crippen LogP contribution is 2.31. The molecule has 0 radical (unpaired) electrons. The molecule has 29 heavy (non-hydrogen) atoms. The SMILES string of the molecule is Cc1ccc(-c2csc(NC(=O)C(C)Sc3nc4c(cc3C#N)CCC4)n2)cc1. The highest BCUT2D eigenvalue weighted by molar-refractivity contribution is 8.00. The first-order chi connectivity index (χ1) is 14.0. The third kappa shape index (κ3) is 4.34. The van der Waals surface area contributed by atoms with Gasteiger partial charge in [0.1, 0.15) is 11.1 Å². The number of amides is 1. The quantitative estimate of drug-likeness (QED) is 0.588. The fraction of sp³-hybridized carbons (Fsp3) is 0.273. The van der Waals surface area contributed by atoms with Crippen molar-refractivity contribution in [2.24, 2.45) is 0 Å². The fourth-order valence-electron chi connectivity index (χ4n) is 3.24. The molecule has 0 spiro atoms. The highest BCUT2D eigenvalue weighted by Gasteiger charge is 2.22. The van der Waals surface area contributed by atoms with E-state index < -0.39 is 0 Å². The molecule has 0 saturated carbocycles. The summed E-state index contributed by atoms with van der Waals surface area (Å²) in [5, 5.41) is 15.1. The summed E-state index contributed by atoms with van der Waals surface area (Å²) in [7, 11) is 0. The third-order valence-corrected chi connectivity index (χ3v) is 6.74. The molecule has 146 valence electrons. The molecule has 1 aliphatic rings. The molecule has 1 aliphatic carbocycles. The van der Waals surface area contributed by atoms with E-state index in [-0.39, 0.29) is 11.2 Å². The summed E-state index contributed by atoms with van der Waals surface area (Å²) in [6.45, 7) is 3.87. The number of aryl methyl sites for hydroxylation is 3. The van der Waals surface area contributed by atoms with Gasteiger partial charge >= 0.3 is 0 Å². The van der Waals surface area contributed by atoms with Crippen LogP contribution in [0.5, 0.6) is 0 Å². The molecule has 0 aliphatic heterocycles. The van der Waals surface area contributed by atoms with E-state index in [0.29, 0.717) is 15.7 Å². The van der Waals surface area contributed by atoms with Gasteiger partial charge in [-0.15, -0.1) is 11.3 Å².